The van der Waals surface area contributed by atoms with E-state index in [1.54, 1.807) is 0 Å². The van der Waals surface area contributed by atoms with Crippen LogP contribution in [0.3, 0.4) is 0 Å². The van der Waals surface area contributed by atoms with Gasteiger partial charge in [0.25, 0.3) is 0 Å². The highest BCUT2D eigenvalue weighted by Crippen LogP contribution is 2.43. The number of aliphatic hydroxyl groups is 1. The summed E-state index contributed by atoms with van der Waals surface area (Å²) >= 11 is 0. The molecule has 9 nitrogen and oxygen atoms in total. The van der Waals surface area contributed by atoms with E-state index in [9.17, 15) is 14.7 Å². The summed E-state index contributed by atoms with van der Waals surface area (Å²) < 4.78 is 19.4. The zero-order valence-electron chi connectivity index (χ0n) is 30.6. The lowest BCUT2D eigenvalue weighted by atomic mass is 9.89. The summed E-state index contributed by atoms with van der Waals surface area (Å²) in [5.41, 5.74) is 6.22. The second-order valence-corrected chi connectivity index (χ2v) is 14.9. The molecule has 5 unspecified atom stereocenters. The van der Waals surface area contributed by atoms with Crippen LogP contribution in [0.5, 0.6) is 0 Å². The number of likely N-dealkylation sites (tertiary alicyclic amines) is 1. The number of carbonyl (C=O) groups excluding carboxylic acids is 2. The molecule has 4 aromatic rings. The first-order valence-corrected chi connectivity index (χ1v) is 18.3. The van der Waals surface area contributed by atoms with Crippen molar-refractivity contribution in [2.45, 2.75) is 90.4 Å². The Labute approximate surface area is 307 Å². The highest BCUT2D eigenvalue weighted by atomic mass is 16.7. The predicted molar refractivity (Wildman–Crippen MR) is 201 cm³/mol. The van der Waals surface area contributed by atoms with Crippen LogP contribution < -0.4 is 10.6 Å². The maximum absolute atomic E-state index is 13.2. The number of amides is 2. The number of benzene rings is 4. The summed E-state index contributed by atoms with van der Waals surface area (Å²) in [5, 5.41) is 15.5. The van der Waals surface area contributed by atoms with Gasteiger partial charge in [-0.15, -0.1) is 0 Å². The molecule has 274 valence electrons. The third kappa shape index (κ3) is 9.66. The second kappa shape index (κ2) is 16.9. The number of rotatable bonds is 11. The van der Waals surface area contributed by atoms with Crippen LogP contribution in [-0.2, 0) is 38.7 Å². The molecule has 2 heterocycles. The van der Waals surface area contributed by atoms with E-state index in [1.807, 2.05) is 99.6 Å². The molecule has 0 bridgehead atoms. The summed E-state index contributed by atoms with van der Waals surface area (Å²) in [7, 11) is 0. The standard InChI is InChI=1S/C43H51N3O6/c1-29-38(27-46-22-10-17-37(46)40(48)52-43(2,3)4)50-41(51-39(29)33-20-18-31(28-47)19-21-33)36-16-9-15-35(24-36)34-14-8-13-32(23-34)26-45-42(49)44-25-30-11-6-5-7-12-30/h5-9,11-16,18-21,23-24,29,37-39,41,47H,10,17,22,25-28H2,1-4H3,(H2,44,45,49). The molecule has 5 atom stereocenters. The molecule has 0 aliphatic carbocycles. The van der Waals surface area contributed by atoms with Crippen molar-refractivity contribution in [2.75, 3.05) is 13.1 Å². The van der Waals surface area contributed by atoms with E-state index in [2.05, 4.69) is 46.7 Å². The van der Waals surface area contributed by atoms with Crippen LogP contribution in [0.15, 0.2) is 103 Å². The van der Waals surface area contributed by atoms with E-state index in [-0.39, 0.29) is 42.8 Å². The van der Waals surface area contributed by atoms with E-state index in [0.717, 1.165) is 58.3 Å². The van der Waals surface area contributed by atoms with Crippen LogP contribution in [0, 0.1) is 5.92 Å². The molecule has 2 saturated heterocycles. The first-order chi connectivity index (χ1) is 25.1. The number of hydrogen-bond acceptors (Lipinski definition) is 7. The highest BCUT2D eigenvalue weighted by Gasteiger charge is 2.42. The van der Waals surface area contributed by atoms with Gasteiger partial charge in [0.1, 0.15) is 11.6 Å². The maximum atomic E-state index is 13.2. The molecule has 0 aromatic heterocycles. The van der Waals surface area contributed by atoms with Gasteiger partial charge in [-0.25, -0.2) is 4.79 Å². The molecule has 3 N–H and O–H groups in total. The van der Waals surface area contributed by atoms with Crippen molar-refractivity contribution in [3.05, 3.63) is 131 Å². The Bertz CT molecular complexity index is 1790. The summed E-state index contributed by atoms with van der Waals surface area (Å²) in [5.74, 6) is -0.205. The third-order valence-corrected chi connectivity index (χ3v) is 9.75. The number of aliphatic hydroxyl groups excluding tert-OH is 1. The van der Waals surface area contributed by atoms with Crippen molar-refractivity contribution < 1.29 is 28.9 Å². The molecular formula is C43H51N3O6. The van der Waals surface area contributed by atoms with Crippen LogP contribution in [0.25, 0.3) is 11.1 Å². The minimum absolute atomic E-state index is 0.0200. The first-order valence-electron chi connectivity index (χ1n) is 18.3. The minimum Gasteiger partial charge on any atom is -0.459 e. The summed E-state index contributed by atoms with van der Waals surface area (Å²) in [4.78, 5) is 27.9. The molecule has 0 spiro atoms. The fraction of sp³-hybridized carbons (Fsp3) is 0.395. The van der Waals surface area contributed by atoms with Crippen molar-refractivity contribution in [1.82, 2.24) is 15.5 Å². The highest BCUT2D eigenvalue weighted by molar-refractivity contribution is 5.76. The van der Waals surface area contributed by atoms with Crippen molar-refractivity contribution in [3.63, 3.8) is 0 Å². The molecule has 2 amide bonds. The van der Waals surface area contributed by atoms with E-state index in [1.165, 1.54) is 0 Å². The molecule has 4 aromatic carbocycles. The van der Waals surface area contributed by atoms with Crippen molar-refractivity contribution in [1.29, 1.82) is 0 Å². The molecular weight excluding hydrogens is 654 g/mol. The van der Waals surface area contributed by atoms with Crippen molar-refractivity contribution in [3.8, 4) is 11.1 Å². The maximum Gasteiger partial charge on any atom is 0.323 e. The average molecular weight is 706 g/mol. The third-order valence-electron chi connectivity index (χ3n) is 9.75. The molecule has 0 radical (unpaired) electrons. The Balaban J connectivity index is 1.19. The molecule has 6 rings (SSSR count). The van der Waals surface area contributed by atoms with Gasteiger partial charge >= 0.3 is 12.0 Å². The topological polar surface area (TPSA) is 109 Å². The normalized spacial score (nSPS) is 22.1. The van der Waals surface area contributed by atoms with Gasteiger partial charge in [0.05, 0.1) is 18.8 Å². The lowest BCUT2D eigenvalue weighted by Gasteiger charge is -2.43. The van der Waals surface area contributed by atoms with Crippen molar-refractivity contribution in [2.24, 2.45) is 5.92 Å². The molecule has 2 fully saturated rings. The minimum atomic E-state index is -0.649. The number of urea groups is 1. The molecule has 2 aliphatic heterocycles. The predicted octanol–water partition coefficient (Wildman–Crippen LogP) is 7.44. The van der Waals surface area contributed by atoms with Gasteiger partial charge in [-0.2, -0.15) is 0 Å². The monoisotopic (exact) mass is 705 g/mol. The molecule has 9 heteroatoms. The Kier molecular flexibility index (Phi) is 12.1. The zero-order chi connectivity index (χ0) is 36.7. The Morgan fingerprint density at radius 1 is 0.808 bits per heavy atom. The van der Waals surface area contributed by atoms with Crippen LogP contribution in [0.4, 0.5) is 4.79 Å². The van der Waals surface area contributed by atoms with Crippen LogP contribution in [0.1, 0.15) is 80.7 Å². The van der Waals surface area contributed by atoms with Crippen molar-refractivity contribution >= 4 is 12.0 Å². The van der Waals surface area contributed by atoms with E-state index >= 15 is 0 Å². The van der Waals surface area contributed by atoms with Gasteiger partial charge in [-0.3, -0.25) is 9.69 Å². The van der Waals surface area contributed by atoms with Crippen LogP contribution >= 0.6 is 0 Å². The van der Waals surface area contributed by atoms with Crippen LogP contribution in [-0.4, -0.2) is 52.8 Å². The number of nitrogens with one attached hydrogen (secondary N) is 2. The quantitative estimate of drug-likeness (QED) is 0.139. The van der Waals surface area contributed by atoms with Gasteiger partial charge in [0, 0.05) is 31.1 Å². The number of nitrogens with zero attached hydrogens (tertiary/aromatic N) is 1. The number of esters is 1. The Morgan fingerprint density at radius 3 is 2.19 bits per heavy atom. The van der Waals surface area contributed by atoms with E-state index in [4.69, 9.17) is 14.2 Å². The van der Waals surface area contributed by atoms with Gasteiger partial charge in [0.15, 0.2) is 6.29 Å². The average Bonchev–Trinajstić information content (AvgIpc) is 3.62. The number of hydrogen-bond donors (Lipinski definition) is 3. The lowest BCUT2D eigenvalue weighted by molar-refractivity contribution is -0.276. The Hall–Kier alpha value is -4.54. The number of ether oxygens (including phenoxy) is 3. The lowest BCUT2D eigenvalue weighted by Crippen LogP contribution is -2.48. The van der Waals surface area contributed by atoms with E-state index in [0.29, 0.717) is 19.6 Å². The largest absolute Gasteiger partial charge is 0.459 e. The zero-order valence-corrected chi connectivity index (χ0v) is 30.6. The van der Waals surface area contributed by atoms with Gasteiger partial charge in [-0.1, -0.05) is 97.9 Å². The fourth-order valence-corrected chi connectivity index (χ4v) is 6.99. The summed E-state index contributed by atoms with van der Waals surface area (Å²) in [6, 6.07) is 33.5. The summed E-state index contributed by atoms with van der Waals surface area (Å²) in [6.45, 7) is 10.0. The van der Waals surface area contributed by atoms with E-state index < -0.39 is 11.9 Å². The molecule has 52 heavy (non-hydrogen) atoms. The fourth-order valence-electron chi connectivity index (χ4n) is 6.99. The molecule has 0 saturated carbocycles. The van der Waals surface area contributed by atoms with Gasteiger partial charge < -0.3 is 30.0 Å². The molecule has 2 aliphatic rings. The Morgan fingerprint density at radius 2 is 1.48 bits per heavy atom. The second-order valence-electron chi connectivity index (χ2n) is 14.9. The van der Waals surface area contributed by atoms with Gasteiger partial charge in [-0.05, 0) is 85.7 Å². The SMILES string of the molecule is CC1C(CN2CCCC2C(=O)OC(C)(C)C)OC(c2cccc(-c3cccc(CNC(=O)NCc4ccccc4)c3)c2)OC1c1ccc(CO)cc1. The smallest absolute Gasteiger partial charge is 0.323 e. The number of carbonyl (C=O) groups is 2. The summed E-state index contributed by atoms with van der Waals surface area (Å²) in [6.07, 6.45) is 0.535. The van der Waals surface area contributed by atoms with Crippen LogP contribution in [0.2, 0.25) is 0 Å². The van der Waals surface area contributed by atoms with Gasteiger partial charge in [0.2, 0.25) is 0 Å². The first kappa shape index (κ1) is 37.2.